The smallest absolute Gasteiger partial charge is 1.00 e. The van der Waals surface area contributed by atoms with E-state index in [0.29, 0.717) is 58.4 Å². The Hall–Kier alpha value is -1.45. The van der Waals surface area contributed by atoms with Crippen LogP contribution in [0.15, 0.2) is 48.5 Å². The maximum atomic E-state index is 13.8. The van der Waals surface area contributed by atoms with Gasteiger partial charge in [-0.3, -0.25) is 24.6 Å². The number of hydrazine groups is 1. The number of nitrogens with zero attached hydrogens (tertiary/aromatic N) is 1. The zero-order chi connectivity index (χ0) is 46.4. The first-order valence-corrected chi connectivity index (χ1v) is 20.5. The van der Waals surface area contributed by atoms with Gasteiger partial charge in [-0.2, -0.15) is 0 Å². The van der Waals surface area contributed by atoms with Crippen LogP contribution in [0, 0.1) is 37.5 Å². The van der Waals surface area contributed by atoms with Crippen molar-refractivity contribution >= 4 is 47.4 Å². The van der Waals surface area contributed by atoms with Crippen molar-refractivity contribution in [3.63, 3.8) is 0 Å². The molecule has 2 atom stereocenters. The molecule has 0 aliphatic rings. The van der Waals surface area contributed by atoms with Gasteiger partial charge in [-0.25, -0.2) is 5.01 Å². The summed E-state index contributed by atoms with van der Waals surface area (Å²) in [6.07, 6.45) is 1.70. The van der Waals surface area contributed by atoms with Crippen molar-refractivity contribution in [2.24, 2.45) is 16.7 Å². The molecule has 0 aliphatic heterocycles. The maximum Gasteiger partial charge on any atom is 1.00 e. The van der Waals surface area contributed by atoms with E-state index in [-0.39, 0.29) is 151 Å². The van der Waals surface area contributed by atoms with Gasteiger partial charge in [0, 0.05) is 39.9 Å². The monoisotopic (exact) mass is 957 g/mol. The van der Waals surface area contributed by atoms with E-state index in [9.17, 15) is 14.4 Å². The Kier molecular flexibility index (Phi) is 34.6. The van der Waals surface area contributed by atoms with E-state index in [4.69, 9.17) is 52.2 Å². The number of nitrogens with one attached hydrogen (secondary N) is 2. The maximum absolute atomic E-state index is 13.8. The number of hydrogen-bond donors (Lipinski definition) is 2. The number of ether oxygens (including phenoxy) is 4. The summed E-state index contributed by atoms with van der Waals surface area (Å²) in [4.78, 5) is 50.7. The Morgan fingerprint density at radius 2 is 1.13 bits per heavy atom. The van der Waals surface area contributed by atoms with Crippen molar-refractivity contribution in [2.45, 2.75) is 95.0 Å². The molecular formula is C45H67Cl2K2N3O10. The Morgan fingerprint density at radius 3 is 1.45 bits per heavy atom. The zero-order valence-corrected chi connectivity index (χ0v) is 47.7. The Balaban J connectivity index is -0.000000496. The van der Waals surface area contributed by atoms with Gasteiger partial charge < -0.3 is 35.8 Å². The van der Waals surface area contributed by atoms with E-state index < -0.39 is 0 Å². The molecule has 338 valence electrons. The summed E-state index contributed by atoms with van der Waals surface area (Å²) in [6, 6.07) is 13.9. The number of benzene rings is 3. The number of carbonyl (C=O) groups is 4. The summed E-state index contributed by atoms with van der Waals surface area (Å²) in [7, 11) is 6.28. The quantitative estimate of drug-likeness (QED) is 0.0857. The van der Waals surface area contributed by atoms with Crippen LogP contribution >= 0.6 is 23.2 Å². The van der Waals surface area contributed by atoms with Gasteiger partial charge in [0.2, 0.25) is 0 Å². The summed E-state index contributed by atoms with van der Waals surface area (Å²) < 4.78 is 21.5. The molecule has 0 bridgehead atoms. The van der Waals surface area contributed by atoms with Crippen molar-refractivity contribution in [3.05, 3.63) is 81.9 Å². The second-order valence-electron chi connectivity index (χ2n) is 15.7. The molecule has 0 radical (unpaired) electrons. The van der Waals surface area contributed by atoms with E-state index >= 15 is 0 Å². The molecule has 62 heavy (non-hydrogen) atoms. The normalized spacial score (nSPS) is 11.2. The minimum Gasteiger partial charge on any atom is -1.00 e. The van der Waals surface area contributed by atoms with Gasteiger partial charge in [0.25, 0.3) is 24.2 Å². The van der Waals surface area contributed by atoms with Gasteiger partial charge in [-0.1, -0.05) is 73.9 Å². The summed E-state index contributed by atoms with van der Waals surface area (Å²) in [6.45, 7) is 23.0. The van der Waals surface area contributed by atoms with Gasteiger partial charge >= 0.3 is 103 Å². The average Bonchev–Trinajstić information content (AvgIpc) is 3.20. The van der Waals surface area contributed by atoms with E-state index in [1.54, 1.807) is 58.8 Å². The van der Waals surface area contributed by atoms with Crippen LogP contribution in [-0.2, 0) is 9.68 Å². The second-order valence-corrected chi connectivity index (χ2v) is 16.5. The third-order valence-electron chi connectivity index (χ3n) is 9.90. The fourth-order valence-electron chi connectivity index (χ4n) is 6.51. The van der Waals surface area contributed by atoms with Crippen molar-refractivity contribution in [2.75, 3.05) is 40.3 Å². The van der Waals surface area contributed by atoms with Gasteiger partial charge in [0.15, 0.2) is 0 Å². The van der Waals surface area contributed by atoms with Gasteiger partial charge in [0.1, 0.15) is 23.0 Å². The van der Waals surface area contributed by atoms with Gasteiger partial charge in [-0.15, -0.1) is 23.2 Å². The van der Waals surface area contributed by atoms with Crippen molar-refractivity contribution < 1.29 is 152 Å². The molecule has 0 spiro atoms. The molecule has 0 aromatic heterocycles. The van der Waals surface area contributed by atoms with Crippen molar-refractivity contribution in [1.29, 1.82) is 0 Å². The molecule has 0 fully saturated rings. The minimum atomic E-state index is -0.381. The summed E-state index contributed by atoms with van der Waals surface area (Å²) in [5, 5.41) is 13.1. The molecule has 0 aliphatic carbocycles. The molecule has 3 aromatic carbocycles. The van der Waals surface area contributed by atoms with Gasteiger partial charge in [0.05, 0.1) is 39.8 Å². The number of halogens is 2. The van der Waals surface area contributed by atoms with E-state index in [1.807, 2.05) is 66.7 Å². The molecule has 0 heterocycles. The molecular weight excluding hydrogens is 892 g/mol. The third kappa shape index (κ3) is 20.8. The summed E-state index contributed by atoms with van der Waals surface area (Å²) in [5.74, 6) is 2.15. The number of hydrogen-bond acceptors (Lipinski definition) is 10. The number of carbonyl (C=O) groups excluding carboxylic acids is 4. The number of alkyl halides is 2. The molecule has 13 nitrogen and oxygen atoms in total. The molecule has 3 rings (SSSR count). The van der Waals surface area contributed by atoms with Crippen LogP contribution < -0.4 is 138 Å². The number of methoxy groups -OCH3 is 4. The SMILES string of the molecule is CCC(CNC(=O)c1cccc(OC)c1C)C(C)(C)C.CCC(N(NC(=O)c1cccc(OC)c1C)C(=O)c1cc(OC)c(C)c(OC)c1)C(C)(C)C.ClCCl.O=CO[O-].[H-].[K+].[K+]. The predicted octanol–water partition coefficient (Wildman–Crippen LogP) is 2.72. The Labute approximate surface area is 466 Å². The largest absolute Gasteiger partial charge is 1.00 e. The predicted molar refractivity (Wildman–Crippen MR) is 237 cm³/mol. The average molecular weight is 959 g/mol. The summed E-state index contributed by atoms with van der Waals surface area (Å²) in [5.41, 5.74) is 6.66. The van der Waals surface area contributed by atoms with Crippen LogP contribution in [0.3, 0.4) is 0 Å². The van der Waals surface area contributed by atoms with Crippen molar-refractivity contribution in [1.82, 2.24) is 15.8 Å². The van der Waals surface area contributed by atoms with E-state index in [2.05, 4.69) is 43.3 Å². The molecule has 17 heteroatoms. The first kappa shape index (κ1) is 64.8. The van der Waals surface area contributed by atoms with Crippen LogP contribution in [0.25, 0.3) is 0 Å². The summed E-state index contributed by atoms with van der Waals surface area (Å²) >= 11 is 9.53. The molecule has 2 N–H and O–H groups in total. The van der Waals surface area contributed by atoms with Crippen LogP contribution in [0.2, 0.25) is 0 Å². The standard InChI is InChI=1S/C26H36N2O5.C17H27NO2.CH2Cl2.CH2O3.2K.H/c1-10-23(26(4,5)6)28(27-24(29)19-12-11-13-20(31-7)16(19)2)25(30)18-14-21(32-8)17(3)22(15-18)33-9;1-7-13(17(3,4)5)11-18-16(19)14-9-8-10-15(20-6)12(14)2;2-1-3;2-1-4-3;;;/h11-15,23H,10H2,1-9H3,(H,27,29);8-10,13H,7,11H2,1-6H3,(H,18,19);1H2;1,3H;;;/q;;;;2*+1;-1/p-1. The topological polar surface area (TPSA) is 165 Å². The molecule has 3 aromatic rings. The fraction of sp³-hybridized carbons (Fsp3) is 0.511. The Morgan fingerprint density at radius 1 is 0.726 bits per heavy atom. The van der Waals surface area contributed by atoms with E-state index in [0.717, 1.165) is 23.3 Å². The van der Waals surface area contributed by atoms with Crippen LogP contribution in [0.5, 0.6) is 23.0 Å². The van der Waals surface area contributed by atoms with Crippen molar-refractivity contribution in [3.8, 4) is 23.0 Å². The number of amides is 3. The fourth-order valence-corrected chi connectivity index (χ4v) is 6.51. The second kappa shape index (κ2) is 33.1. The first-order valence-electron chi connectivity index (χ1n) is 19.4. The minimum absolute atomic E-state index is 0. The Bertz CT molecular complexity index is 1800. The van der Waals surface area contributed by atoms with Crippen LogP contribution in [0.1, 0.15) is 117 Å². The number of rotatable bonds is 13. The molecule has 0 saturated carbocycles. The van der Waals surface area contributed by atoms with Crippen LogP contribution in [-0.4, -0.2) is 75.6 Å². The van der Waals surface area contributed by atoms with Gasteiger partial charge in [-0.05, 0) is 80.3 Å². The molecule has 3 amide bonds. The van der Waals surface area contributed by atoms with E-state index in [1.165, 1.54) is 5.01 Å². The van der Waals surface area contributed by atoms with Crippen LogP contribution in [0.4, 0.5) is 0 Å². The molecule has 2 unspecified atom stereocenters. The third-order valence-corrected chi connectivity index (χ3v) is 9.90. The first-order chi connectivity index (χ1) is 28.1. The zero-order valence-electron chi connectivity index (χ0n) is 41.0. The molecule has 0 saturated heterocycles.